The minimum atomic E-state index is -3.74. The van der Waals surface area contributed by atoms with Gasteiger partial charge in [-0.1, -0.05) is 6.07 Å². The second kappa shape index (κ2) is 7.73. The van der Waals surface area contributed by atoms with Crippen LogP contribution >= 0.6 is 0 Å². The third-order valence-corrected chi connectivity index (χ3v) is 6.68. The zero-order valence-corrected chi connectivity index (χ0v) is 15.5. The van der Waals surface area contributed by atoms with E-state index in [9.17, 15) is 18.0 Å². The second-order valence-electron chi connectivity index (χ2n) is 6.44. The fraction of sp³-hybridized carbons (Fsp3) is 0.529. The molecular formula is C17H23N3O5S. The van der Waals surface area contributed by atoms with Crippen molar-refractivity contribution in [3.8, 4) is 0 Å². The summed E-state index contributed by atoms with van der Waals surface area (Å²) in [5.41, 5.74) is 0.194. The molecular weight excluding hydrogens is 358 g/mol. The predicted molar refractivity (Wildman–Crippen MR) is 94.1 cm³/mol. The standard InChI is InChI=1S/C17H23N3O5S/c1-25-17(22)13-4-2-6-15(10-13)26(23,24)19-8-3-5-14(12-19)20-9-7-18-11-16(20)21/h2,4,6,10,14,18H,3,5,7-9,11-12H2,1H3. The number of nitrogens with one attached hydrogen (secondary N) is 1. The number of piperidine rings is 1. The Balaban J connectivity index is 1.80. The second-order valence-corrected chi connectivity index (χ2v) is 8.38. The summed E-state index contributed by atoms with van der Waals surface area (Å²) in [5.74, 6) is -0.571. The Morgan fingerprint density at radius 1 is 1.31 bits per heavy atom. The van der Waals surface area contributed by atoms with Crippen molar-refractivity contribution in [2.45, 2.75) is 23.8 Å². The van der Waals surface area contributed by atoms with Crippen LogP contribution in [0.25, 0.3) is 0 Å². The molecule has 0 aliphatic carbocycles. The molecule has 0 bridgehead atoms. The first-order valence-corrected chi connectivity index (χ1v) is 10.1. The monoisotopic (exact) mass is 381 g/mol. The molecule has 0 aromatic heterocycles. The summed E-state index contributed by atoms with van der Waals surface area (Å²) in [4.78, 5) is 25.6. The van der Waals surface area contributed by atoms with Crippen LogP contribution in [0.4, 0.5) is 0 Å². The van der Waals surface area contributed by atoms with Gasteiger partial charge in [-0.25, -0.2) is 13.2 Å². The lowest BCUT2D eigenvalue weighted by molar-refractivity contribution is -0.135. The van der Waals surface area contributed by atoms with Gasteiger partial charge in [-0.2, -0.15) is 4.31 Å². The largest absolute Gasteiger partial charge is 0.465 e. The molecule has 2 aliphatic rings. The van der Waals surface area contributed by atoms with Crippen LogP contribution in [0.15, 0.2) is 29.2 Å². The third-order valence-electron chi connectivity index (χ3n) is 4.82. The number of hydrogen-bond donors (Lipinski definition) is 1. The Bertz CT molecular complexity index is 795. The zero-order valence-electron chi connectivity index (χ0n) is 14.7. The minimum absolute atomic E-state index is 0.00758. The van der Waals surface area contributed by atoms with Gasteiger partial charge >= 0.3 is 5.97 Å². The van der Waals surface area contributed by atoms with Gasteiger partial charge in [0, 0.05) is 32.2 Å². The molecule has 1 unspecified atom stereocenters. The molecule has 9 heteroatoms. The first-order valence-electron chi connectivity index (χ1n) is 8.62. The van der Waals surface area contributed by atoms with Gasteiger partial charge in [0.05, 0.1) is 24.1 Å². The van der Waals surface area contributed by atoms with Crippen LogP contribution in [0.1, 0.15) is 23.2 Å². The molecule has 1 amide bonds. The Labute approximate surface area is 153 Å². The number of sulfonamides is 1. The molecule has 1 aromatic carbocycles. The molecule has 2 saturated heterocycles. The van der Waals surface area contributed by atoms with E-state index >= 15 is 0 Å². The highest BCUT2D eigenvalue weighted by atomic mass is 32.2. The van der Waals surface area contributed by atoms with Gasteiger partial charge in [-0.15, -0.1) is 0 Å². The number of hydrogen-bond acceptors (Lipinski definition) is 6. The summed E-state index contributed by atoms with van der Waals surface area (Å²) in [6.07, 6.45) is 1.48. The zero-order chi connectivity index (χ0) is 18.7. The van der Waals surface area contributed by atoms with E-state index in [0.29, 0.717) is 26.1 Å². The summed E-state index contributed by atoms with van der Waals surface area (Å²) in [7, 11) is -2.49. The SMILES string of the molecule is COC(=O)c1cccc(S(=O)(=O)N2CCCC(N3CCNCC3=O)C2)c1. The number of esters is 1. The fourth-order valence-corrected chi connectivity index (χ4v) is 5.01. The number of rotatable bonds is 4. The lowest BCUT2D eigenvalue weighted by Crippen LogP contribution is -2.57. The lowest BCUT2D eigenvalue weighted by atomic mass is 10.1. The number of piperazine rings is 1. The highest BCUT2D eigenvalue weighted by Crippen LogP contribution is 2.24. The molecule has 142 valence electrons. The normalized spacial score (nSPS) is 22.3. The van der Waals surface area contributed by atoms with Crippen molar-refractivity contribution >= 4 is 21.9 Å². The number of nitrogens with zero attached hydrogens (tertiary/aromatic N) is 2. The van der Waals surface area contributed by atoms with Crippen LogP contribution in [-0.2, 0) is 19.6 Å². The van der Waals surface area contributed by atoms with E-state index in [2.05, 4.69) is 10.1 Å². The van der Waals surface area contributed by atoms with Gasteiger partial charge in [0.15, 0.2) is 0 Å². The topological polar surface area (TPSA) is 96.0 Å². The number of carbonyl (C=O) groups excluding carboxylic acids is 2. The Morgan fingerprint density at radius 2 is 2.12 bits per heavy atom. The van der Waals surface area contributed by atoms with Gasteiger partial charge in [-0.3, -0.25) is 4.79 Å². The molecule has 1 N–H and O–H groups in total. The van der Waals surface area contributed by atoms with Crippen LogP contribution in [0.3, 0.4) is 0 Å². The number of carbonyl (C=O) groups is 2. The van der Waals surface area contributed by atoms with Crippen LogP contribution < -0.4 is 5.32 Å². The van der Waals surface area contributed by atoms with Gasteiger partial charge in [0.25, 0.3) is 0 Å². The van der Waals surface area contributed by atoms with Crippen molar-refractivity contribution in [3.63, 3.8) is 0 Å². The summed E-state index contributed by atoms with van der Waals surface area (Å²) >= 11 is 0. The Kier molecular flexibility index (Phi) is 5.59. The highest BCUT2D eigenvalue weighted by molar-refractivity contribution is 7.89. The van der Waals surface area contributed by atoms with E-state index in [4.69, 9.17) is 0 Å². The van der Waals surface area contributed by atoms with Crippen molar-refractivity contribution in [3.05, 3.63) is 29.8 Å². The maximum absolute atomic E-state index is 13.0. The molecule has 0 spiro atoms. The highest BCUT2D eigenvalue weighted by Gasteiger charge is 2.35. The minimum Gasteiger partial charge on any atom is -0.465 e. The quantitative estimate of drug-likeness (QED) is 0.741. The summed E-state index contributed by atoms with van der Waals surface area (Å²) in [6, 6.07) is 5.74. The van der Waals surface area contributed by atoms with Crippen LogP contribution in [0.2, 0.25) is 0 Å². The Morgan fingerprint density at radius 3 is 2.85 bits per heavy atom. The molecule has 26 heavy (non-hydrogen) atoms. The van der Waals surface area contributed by atoms with Gasteiger partial charge < -0.3 is 15.0 Å². The summed E-state index contributed by atoms with van der Waals surface area (Å²) in [5, 5.41) is 3.03. The third kappa shape index (κ3) is 3.74. The average Bonchev–Trinajstić information content (AvgIpc) is 2.68. The Hall–Kier alpha value is -1.97. The van der Waals surface area contributed by atoms with Crippen molar-refractivity contribution in [2.24, 2.45) is 0 Å². The molecule has 2 heterocycles. The van der Waals surface area contributed by atoms with E-state index in [0.717, 1.165) is 13.0 Å². The molecule has 2 aliphatic heterocycles. The molecule has 2 fully saturated rings. The maximum atomic E-state index is 13.0. The number of benzene rings is 1. The van der Waals surface area contributed by atoms with Gasteiger partial charge in [0.1, 0.15) is 0 Å². The van der Waals surface area contributed by atoms with Crippen molar-refractivity contribution in [2.75, 3.05) is 39.8 Å². The first-order chi connectivity index (χ1) is 12.4. The van der Waals surface area contributed by atoms with E-state index < -0.39 is 16.0 Å². The average molecular weight is 381 g/mol. The van der Waals surface area contributed by atoms with Gasteiger partial charge in [0.2, 0.25) is 15.9 Å². The molecule has 0 radical (unpaired) electrons. The number of ether oxygens (including phenoxy) is 1. The predicted octanol–water partition coefficient (Wildman–Crippen LogP) is 0.0581. The molecule has 0 saturated carbocycles. The summed E-state index contributed by atoms with van der Waals surface area (Å²) < 4.78 is 32.1. The lowest BCUT2D eigenvalue weighted by Gasteiger charge is -2.40. The summed E-state index contributed by atoms with van der Waals surface area (Å²) in [6.45, 7) is 2.29. The van der Waals surface area contributed by atoms with E-state index in [-0.39, 0.29) is 29.0 Å². The molecule has 8 nitrogen and oxygen atoms in total. The van der Waals surface area contributed by atoms with E-state index in [1.54, 1.807) is 4.90 Å². The van der Waals surface area contributed by atoms with Crippen LogP contribution in [-0.4, -0.2) is 75.4 Å². The smallest absolute Gasteiger partial charge is 0.337 e. The fourth-order valence-electron chi connectivity index (χ4n) is 3.45. The number of amides is 1. The first kappa shape index (κ1) is 18.8. The maximum Gasteiger partial charge on any atom is 0.337 e. The molecule has 1 atom stereocenters. The van der Waals surface area contributed by atoms with E-state index in [1.165, 1.54) is 35.7 Å². The van der Waals surface area contributed by atoms with Crippen molar-refractivity contribution in [1.82, 2.24) is 14.5 Å². The van der Waals surface area contributed by atoms with Crippen molar-refractivity contribution < 1.29 is 22.7 Å². The van der Waals surface area contributed by atoms with Gasteiger partial charge in [-0.05, 0) is 31.0 Å². The van der Waals surface area contributed by atoms with Crippen LogP contribution in [0, 0.1) is 0 Å². The van der Waals surface area contributed by atoms with E-state index in [1.807, 2.05) is 0 Å². The van der Waals surface area contributed by atoms with Crippen LogP contribution in [0.5, 0.6) is 0 Å². The van der Waals surface area contributed by atoms with Crippen molar-refractivity contribution in [1.29, 1.82) is 0 Å². The molecule has 3 rings (SSSR count). The number of methoxy groups -OCH3 is 1. The molecule has 1 aromatic rings.